The minimum atomic E-state index is -0.816. The lowest BCUT2D eigenvalue weighted by molar-refractivity contribution is -0.151. The molecule has 2 aliphatic rings. The lowest BCUT2D eigenvalue weighted by Crippen LogP contribution is -2.59. The molecule has 2 saturated heterocycles. The summed E-state index contributed by atoms with van der Waals surface area (Å²) in [7, 11) is 1.66. The summed E-state index contributed by atoms with van der Waals surface area (Å²) in [6, 6.07) is 15.9. The first-order chi connectivity index (χ1) is 15.1. The van der Waals surface area contributed by atoms with Crippen molar-refractivity contribution < 1.29 is 14.3 Å². The van der Waals surface area contributed by atoms with Crippen molar-refractivity contribution in [3.8, 4) is 0 Å². The highest BCUT2D eigenvalue weighted by molar-refractivity contribution is 5.90. The van der Waals surface area contributed by atoms with Gasteiger partial charge in [0, 0.05) is 39.5 Å². The number of nitrogens with one attached hydrogen (secondary N) is 1. The number of likely N-dealkylation sites (N-methyl/N-ethyl adjacent to an activating group) is 1. The number of carbonyl (C=O) groups is 2. The first kappa shape index (κ1) is 21.5. The summed E-state index contributed by atoms with van der Waals surface area (Å²) >= 11 is 0. The molecule has 1 unspecified atom stereocenters. The van der Waals surface area contributed by atoms with E-state index in [1.165, 1.54) is 0 Å². The van der Waals surface area contributed by atoms with Crippen LogP contribution >= 0.6 is 0 Å². The van der Waals surface area contributed by atoms with E-state index in [9.17, 15) is 9.59 Å². The van der Waals surface area contributed by atoms with Crippen LogP contribution in [0.1, 0.15) is 36.9 Å². The van der Waals surface area contributed by atoms with E-state index in [1.54, 1.807) is 13.2 Å². The normalized spacial score (nSPS) is 23.2. The third kappa shape index (κ3) is 4.22. The van der Waals surface area contributed by atoms with E-state index in [0.717, 1.165) is 17.7 Å². The Balaban J connectivity index is 1.65. The number of likely N-dealkylation sites (tertiary alicyclic amines) is 1. The highest BCUT2D eigenvalue weighted by Gasteiger charge is 2.49. The number of ether oxygens (including phenoxy) is 1. The van der Waals surface area contributed by atoms with E-state index in [4.69, 9.17) is 4.74 Å². The number of hydrogen-bond donors (Lipinski definition) is 1. The molecule has 164 valence electrons. The average Bonchev–Trinajstić information content (AvgIpc) is 2.84. The van der Waals surface area contributed by atoms with Crippen molar-refractivity contribution in [2.24, 2.45) is 5.41 Å². The summed E-state index contributed by atoms with van der Waals surface area (Å²) in [5.74, 6) is 0.0661. The summed E-state index contributed by atoms with van der Waals surface area (Å²) in [5, 5.41) is 2.83. The number of amides is 2. The summed E-state index contributed by atoms with van der Waals surface area (Å²) in [5.41, 5.74) is 0.589. The molecule has 0 spiro atoms. The van der Waals surface area contributed by atoms with Crippen molar-refractivity contribution in [3.05, 3.63) is 66.0 Å². The zero-order valence-corrected chi connectivity index (χ0v) is 18.2. The summed E-state index contributed by atoms with van der Waals surface area (Å²) in [4.78, 5) is 33.6. The molecule has 6 heteroatoms. The number of piperidine rings is 1. The fourth-order valence-electron chi connectivity index (χ4n) is 5.18. The van der Waals surface area contributed by atoms with Gasteiger partial charge in [-0.3, -0.25) is 14.6 Å². The zero-order chi connectivity index (χ0) is 21.7. The molecule has 2 aromatic rings. The van der Waals surface area contributed by atoms with Crippen LogP contribution in [0.3, 0.4) is 0 Å². The molecule has 0 aliphatic carbocycles. The van der Waals surface area contributed by atoms with E-state index in [-0.39, 0.29) is 11.8 Å². The molecule has 1 atom stereocenters. The highest BCUT2D eigenvalue weighted by atomic mass is 16.5. The quantitative estimate of drug-likeness (QED) is 0.806. The number of carbonyl (C=O) groups excluding carboxylic acids is 2. The summed E-state index contributed by atoms with van der Waals surface area (Å²) in [6.45, 7) is 2.21. The molecule has 2 fully saturated rings. The maximum atomic E-state index is 14.0. The van der Waals surface area contributed by atoms with Crippen molar-refractivity contribution in [2.75, 3.05) is 33.4 Å². The number of nitrogens with zero attached hydrogens (tertiary/aromatic N) is 2. The van der Waals surface area contributed by atoms with Gasteiger partial charge in [-0.1, -0.05) is 36.4 Å². The number of rotatable bonds is 5. The van der Waals surface area contributed by atoms with E-state index in [1.807, 2.05) is 41.3 Å². The maximum Gasteiger partial charge on any atom is 0.233 e. The SMILES string of the molecule is CNC(=O)C1(c2ccccn2)CCCN(C(=O)C2(Cc3ccccc3)CCOCC2)C1. The molecule has 2 aliphatic heterocycles. The number of pyridine rings is 1. The predicted octanol–water partition coefficient (Wildman–Crippen LogP) is 2.73. The van der Waals surface area contributed by atoms with Crippen molar-refractivity contribution in [2.45, 2.75) is 37.5 Å². The second kappa shape index (κ2) is 9.18. The van der Waals surface area contributed by atoms with Crippen molar-refractivity contribution in [1.82, 2.24) is 15.2 Å². The Kier molecular flexibility index (Phi) is 6.37. The van der Waals surface area contributed by atoms with Crippen LogP contribution in [0, 0.1) is 5.41 Å². The van der Waals surface area contributed by atoms with Crippen molar-refractivity contribution in [1.29, 1.82) is 0 Å². The largest absolute Gasteiger partial charge is 0.381 e. The number of benzene rings is 1. The van der Waals surface area contributed by atoms with Crippen LogP contribution in [-0.4, -0.2) is 55.0 Å². The molecule has 2 amide bonds. The fraction of sp³-hybridized carbons (Fsp3) is 0.480. The molecular weight excluding hydrogens is 390 g/mol. The second-order valence-electron chi connectivity index (χ2n) is 8.76. The zero-order valence-electron chi connectivity index (χ0n) is 18.2. The van der Waals surface area contributed by atoms with Gasteiger partial charge in [0.1, 0.15) is 5.41 Å². The summed E-state index contributed by atoms with van der Waals surface area (Å²) < 4.78 is 5.62. The van der Waals surface area contributed by atoms with Gasteiger partial charge in [0.05, 0.1) is 11.1 Å². The van der Waals surface area contributed by atoms with Gasteiger partial charge in [-0.2, -0.15) is 0 Å². The molecule has 4 rings (SSSR count). The van der Waals surface area contributed by atoms with Crippen LogP contribution in [0.25, 0.3) is 0 Å². The Morgan fingerprint density at radius 2 is 1.81 bits per heavy atom. The molecule has 0 saturated carbocycles. The van der Waals surface area contributed by atoms with Gasteiger partial charge in [0.2, 0.25) is 11.8 Å². The third-order valence-electron chi connectivity index (χ3n) is 6.89. The number of aromatic nitrogens is 1. The molecule has 0 radical (unpaired) electrons. The minimum Gasteiger partial charge on any atom is -0.381 e. The smallest absolute Gasteiger partial charge is 0.233 e. The first-order valence-corrected chi connectivity index (χ1v) is 11.1. The van der Waals surface area contributed by atoms with Gasteiger partial charge in [0.15, 0.2) is 0 Å². The van der Waals surface area contributed by atoms with Gasteiger partial charge < -0.3 is 15.0 Å². The molecule has 3 heterocycles. The lowest BCUT2D eigenvalue weighted by atomic mass is 9.71. The van der Waals surface area contributed by atoms with Crippen LogP contribution in [0.2, 0.25) is 0 Å². The number of hydrogen-bond acceptors (Lipinski definition) is 4. The van der Waals surface area contributed by atoms with Gasteiger partial charge in [-0.15, -0.1) is 0 Å². The van der Waals surface area contributed by atoms with E-state index < -0.39 is 10.8 Å². The van der Waals surface area contributed by atoms with Crippen LogP contribution in [0.5, 0.6) is 0 Å². The minimum absolute atomic E-state index is 0.0761. The molecule has 31 heavy (non-hydrogen) atoms. The Morgan fingerprint density at radius 1 is 1.06 bits per heavy atom. The Bertz CT molecular complexity index is 897. The van der Waals surface area contributed by atoms with Crippen LogP contribution in [-0.2, 0) is 26.2 Å². The van der Waals surface area contributed by atoms with Crippen LogP contribution < -0.4 is 5.32 Å². The molecule has 1 aromatic carbocycles. The average molecular weight is 422 g/mol. The van der Waals surface area contributed by atoms with Gasteiger partial charge in [0.25, 0.3) is 0 Å². The van der Waals surface area contributed by atoms with Crippen LogP contribution in [0.15, 0.2) is 54.7 Å². The topological polar surface area (TPSA) is 71.5 Å². The van der Waals surface area contributed by atoms with E-state index in [2.05, 4.69) is 22.4 Å². The summed E-state index contributed by atoms with van der Waals surface area (Å²) in [6.07, 6.45) is 5.27. The Morgan fingerprint density at radius 3 is 2.48 bits per heavy atom. The predicted molar refractivity (Wildman–Crippen MR) is 118 cm³/mol. The van der Waals surface area contributed by atoms with Crippen molar-refractivity contribution >= 4 is 11.8 Å². The molecule has 0 bridgehead atoms. The molecule has 6 nitrogen and oxygen atoms in total. The van der Waals surface area contributed by atoms with Gasteiger partial charge >= 0.3 is 0 Å². The highest BCUT2D eigenvalue weighted by Crippen LogP contribution is 2.40. The fourth-order valence-corrected chi connectivity index (χ4v) is 5.18. The maximum absolute atomic E-state index is 14.0. The standard InChI is InChI=1S/C25H31N3O3/c1-26-22(29)25(21-10-5-6-14-27-21)11-7-15-28(19-25)23(30)24(12-16-31-17-13-24)18-20-8-3-2-4-9-20/h2-6,8-10,14H,7,11-13,15-19H2,1H3,(H,26,29). The van der Waals surface area contributed by atoms with Gasteiger partial charge in [-0.25, -0.2) is 0 Å². The molecular formula is C25H31N3O3. The Labute approximate surface area is 184 Å². The molecule has 1 N–H and O–H groups in total. The Hall–Kier alpha value is -2.73. The molecule has 1 aromatic heterocycles. The second-order valence-corrected chi connectivity index (χ2v) is 8.76. The van der Waals surface area contributed by atoms with Crippen molar-refractivity contribution in [3.63, 3.8) is 0 Å². The third-order valence-corrected chi connectivity index (χ3v) is 6.89. The van der Waals surface area contributed by atoms with Crippen LogP contribution in [0.4, 0.5) is 0 Å². The monoisotopic (exact) mass is 421 g/mol. The lowest BCUT2D eigenvalue weighted by Gasteiger charge is -2.46. The van der Waals surface area contributed by atoms with E-state index >= 15 is 0 Å². The van der Waals surface area contributed by atoms with E-state index in [0.29, 0.717) is 52.0 Å². The first-order valence-electron chi connectivity index (χ1n) is 11.1. The van der Waals surface area contributed by atoms with Gasteiger partial charge in [-0.05, 0) is 49.8 Å².